The zero-order chi connectivity index (χ0) is 17.5. The number of epoxide rings is 1. The van der Waals surface area contributed by atoms with Gasteiger partial charge in [0.05, 0.1) is 13.2 Å². The summed E-state index contributed by atoms with van der Waals surface area (Å²) in [6.07, 6.45) is 25.7. The number of ether oxygens (including phenoxy) is 2. The van der Waals surface area contributed by atoms with Crippen molar-refractivity contribution < 1.29 is 14.3 Å². The van der Waals surface area contributed by atoms with Gasteiger partial charge in [-0.1, -0.05) is 74.8 Å². The van der Waals surface area contributed by atoms with Crippen molar-refractivity contribution in [2.75, 3.05) is 7.11 Å². The number of carbonyl (C=O) groups excluding carboxylic acids is 1. The van der Waals surface area contributed by atoms with Crippen molar-refractivity contribution in [1.82, 2.24) is 0 Å². The van der Waals surface area contributed by atoms with Crippen LogP contribution in [0, 0.1) is 0 Å². The minimum atomic E-state index is -0.134. The molecule has 0 N–H and O–H groups in total. The minimum Gasteiger partial charge on any atom is -0.469 e. The highest BCUT2D eigenvalue weighted by molar-refractivity contribution is 5.69. The second kappa shape index (κ2) is 13.8. The Morgan fingerprint density at radius 1 is 1.04 bits per heavy atom. The zero-order valence-corrected chi connectivity index (χ0v) is 15.2. The Labute approximate surface area is 147 Å². The molecule has 0 spiro atoms. The van der Waals surface area contributed by atoms with Gasteiger partial charge in [-0.25, -0.2) is 0 Å². The van der Waals surface area contributed by atoms with Crippen LogP contribution < -0.4 is 0 Å². The van der Waals surface area contributed by atoms with Gasteiger partial charge in [-0.3, -0.25) is 4.79 Å². The molecule has 3 heteroatoms. The maximum absolute atomic E-state index is 10.9. The van der Waals surface area contributed by atoms with E-state index in [2.05, 4.69) is 48.1 Å². The van der Waals surface area contributed by atoms with Crippen molar-refractivity contribution >= 4 is 5.97 Å². The summed E-state index contributed by atoms with van der Waals surface area (Å²) >= 11 is 0. The molecular weight excluding hydrogens is 300 g/mol. The summed E-state index contributed by atoms with van der Waals surface area (Å²) in [5.41, 5.74) is 0. The Kier molecular flexibility index (Phi) is 11.7. The fourth-order valence-corrected chi connectivity index (χ4v) is 2.37. The van der Waals surface area contributed by atoms with Crippen LogP contribution in [0.2, 0.25) is 0 Å². The van der Waals surface area contributed by atoms with Crippen molar-refractivity contribution in [3.05, 3.63) is 48.6 Å². The van der Waals surface area contributed by atoms with Crippen molar-refractivity contribution in [2.45, 2.75) is 70.5 Å². The predicted octanol–water partition coefficient (Wildman–Crippen LogP) is 5.29. The molecule has 1 rings (SSSR count). The van der Waals surface area contributed by atoms with Gasteiger partial charge in [0.2, 0.25) is 0 Å². The predicted molar refractivity (Wildman–Crippen MR) is 99.8 cm³/mol. The van der Waals surface area contributed by atoms with Crippen molar-refractivity contribution in [3.63, 3.8) is 0 Å². The van der Waals surface area contributed by atoms with E-state index in [1.54, 1.807) is 0 Å². The van der Waals surface area contributed by atoms with Crippen LogP contribution in [-0.4, -0.2) is 25.3 Å². The summed E-state index contributed by atoms with van der Waals surface area (Å²) < 4.78 is 10.2. The number of esters is 1. The molecule has 3 nitrogen and oxygen atoms in total. The smallest absolute Gasteiger partial charge is 0.305 e. The third kappa shape index (κ3) is 11.0. The molecule has 2 atom stereocenters. The Morgan fingerprint density at radius 2 is 1.88 bits per heavy atom. The highest BCUT2D eigenvalue weighted by Gasteiger charge is 2.35. The molecule has 0 saturated carbocycles. The number of unbranched alkanes of at least 4 members (excludes halogenated alkanes) is 3. The van der Waals surface area contributed by atoms with Crippen LogP contribution in [0.1, 0.15) is 58.3 Å². The molecule has 0 unspecified atom stereocenters. The van der Waals surface area contributed by atoms with Gasteiger partial charge in [0.25, 0.3) is 0 Å². The van der Waals surface area contributed by atoms with E-state index in [-0.39, 0.29) is 5.97 Å². The third-order valence-electron chi connectivity index (χ3n) is 3.90. The molecule has 1 aliphatic rings. The van der Waals surface area contributed by atoms with Gasteiger partial charge in [0.1, 0.15) is 6.10 Å². The molecule has 1 aliphatic heterocycles. The Morgan fingerprint density at radius 3 is 2.67 bits per heavy atom. The summed E-state index contributed by atoms with van der Waals surface area (Å²) in [5.74, 6) is -0.134. The fourth-order valence-electron chi connectivity index (χ4n) is 2.37. The lowest BCUT2D eigenvalue weighted by Crippen LogP contribution is -1.98. The fraction of sp³-hybridized carbons (Fsp3) is 0.571. The Hall–Kier alpha value is -1.61. The first-order valence-corrected chi connectivity index (χ1v) is 9.15. The molecular formula is C21H32O3. The van der Waals surface area contributed by atoms with Crippen LogP contribution in [0.5, 0.6) is 0 Å². The zero-order valence-electron chi connectivity index (χ0n) is 15.2. The van der Waals surface area contributed by atoms with E-state index in [4.69, 9.17) is 4.74 Å². The maximum Gasteiger partial charge on any atom is 0.305 e. The van der Waals surface area contributed by atoms with Gasteiger partial charge in [-0.05, 0) is 25.7 Å². The molecule has 0 bridgehead atoms. The lowest BCUT2D eigenvalue weighted by atomic mass is 10.1. The summed E-state index contributed by atoms with van der Waals surface area (Å²) in [6.45, 7) is 2.23. The monoisotopic (exact) mass is 332 g/mol. The summed E-state index contributed by atoms with van der Waals surface area (Å²) in [6, 6.07) is 0. The lowest BCUT2D eigenvalue weighted by molar-refractivity contribution is -0.140. The molecule has 0 aromatic rings. The number of hydrogen-bond acceptors (Lipinski definition) is 3. The van der Waals surface area contributed by atoms with Crippen LogP contribution in [-0.2, 0) is 14.3 Å². The van der Waals surface area contributed by atoms with Crippen LogP contribution in [0.4, 0.5) is 0 Å². The average Bonchev–Trinajstić information content (AvgIpc) is 3.34. The highest BCUT2D eigenvalue weighted by atomic mass is 16.6. The molecule has 0 aliphatic carbocycles. The molecule has 1 fully saturated rings. The van der Waals surface area contributed by atoms with E-state index >= 15 is 0 Å². The van der Waals surface area contributed by atoms with E-state index in [0.29, 0.717) is 18.6 Å². The molecule has 1 saturated heterocycles. The molecule has 0 radical (unpaired) electrons. The van der Waals surface area contributed by atoms with Crippen LogP contribution in [0.15, 0.2) is 48.6 Å². The molecule has 0 aromatic heterocycles. The molecule has 0 aromatic carbocycles. The van der Waals surface area contributed by atoms with Crippen LogP contribution >= 0.6 is 0 Å². The lowest BCUT2D eigenvalue weighted by Gasteiger charge is -1.95. The van der Waals surface area contributed by atoms with E-state index in [1.807, 2.05) is 12.2 Å². The maximum atomic E-state index is 10.9. The molecule has 1 heterocycles. The van der Waals surface area contributed by atoms with E-state index in [1.165, 1.54) is 32.8 Å². The van der Waals surface area contributed by atoms with Gasteiger partial charge in [0, 0.05) is 6.42 Å². The van der Waals surface area contributed by atoms with Crippen LogP contribution in [0.25, 0.3) is 0 Å². The van der Waals surface area contributed by atoms with E-state index in [0.717, 1.165) is 19.3 Å². The first-order valence-electron chi connectivity index (χ1n) is 9.15. The quantitative estimate of drug-likeness (QED) is 0.151. The van der Waals surface area contributed by atoms with E-state index < -0.39 is 0 Å². The highest BCUT2D eigenvalue weighted by Crippen LogP contribution is 2.28. The standard InChI is InChI=1S/C21H32O3/c1-3-4-13-16-19-20(24-19)17-14-11-9-7-5-6-8-10-12-15-18-21(22)23-2/h5,7-11,14,17,19-20H,3-4,6,12-13,15-16,18H2,1-2H3/t19-,20+/m0/s1. The number of methoxy groups -OCH3 is 1. The number of allylic oxidation sites excluding steroid dienone is 7. The first kappa shape index (κ1) is 20.4. The summed E-state index contributed by atoms with van der Waals surface area (Å²) in [5, 5.41) is 0. The normalized spacial score (nSPS) is 20.8. The number of rotatable bonds is 13. The van der Waals surface area contributed by atoms with Gasteiger partial charge in [-0.15, -0.1) is 0 Å². The largest absolute Gasteiger partial charge is 0.469 e. The van der Waals surface area contributed by atoms with E-state index in [9.17, 15) is 4.79 Å². The second-order valence-corrected chi connectivity index (χ2v) is 6.01. The Balaban J connectivity index is 1.98. The topological polar surface area (TPSA) is 38.8 Å². The second-order valence-electron chi connectivity index (χ2n) is 6.01. The Bertz CT molecular complexity index is 446. The summed E-state index contributed by atoms with van der Waals surface area (Å²) in [4.78, 5) is 10.9. The molecule has 134 valence electrons. The van der Waals surface area contributed by atoms with Gasteiger partial charge >= 0.3 is 5.97 Å². The first-order chi connectivity index (χ1) is 11.8. The van der Waals surface area contributed by atoms with Crippen molar-refractivity contribution in [3.8, 4) is 0 Å². The van der Waals surface area contributed by atoms with Crippen molar-refractivity contribution in [1.29, 1.82) is 0 Å². The van der Waals surface area contributed by atoms with Crippen LogP contribution in [0.3, 0.4) is 0 Å². The minimum absolute atomic E-state index is 0.134. The third-order valence-corrected chi connectivity index (χ3v) is 3.90. The van der Waals surface area contributed by atoms with Crippen molar-refractivity contribution in [2.24, 2.45) is 0 Å². The molecule has 0 amide bonds. The SMILES string of the molecule is CCCCC[C@@H]1O[C@@H]1C=CC=CC=CCC=CCCCC(=O)OC. The van der Waals surface area contributed by atoms with Gasteiger partial charge in [0.15, 0.2) is 0 Å². The average molecular weight is 332 g/mol. The summed E-state index contributed by atoms with van der Waals surface area (Å²) in [7, 11) is 1.43. The number of hydrogen-bond donors (Lipinski definition) is 0. The number of carbonyl (C=O) groups is 1. The van der Waals surface area contributed by atoms with Gasteiger partial charge < -0.3 is 9.47 Å². The van der Waals surface area contributed by atoms with Gasteiger partial charge in [-0.2, -0.15) is 0 Å². The molecule has 24 heavy (non-hydrogen) atoms.